The molecule has 0 saturated heterocycles. The molecule has 0 fully saturated rings. The Bertz CT molecular complexity index is 245. The van der Waals surface area contributed by atoms with Crippen LogP contribution in [0.1, 0.15) is 38.6 Å². The van der Waals surface area contributed by atoms with Gasteiger partial charge in [-0.15, -0.1) is 0 Å². The van der Waals surface area contributed by atoms with Crippen LogP contribution in [0.15, 0.2) is 6.33 Å². The molecule has 0 unspecified atom stereocenters. The maximum atomic E-state index is 4.25. The van der Waals surface area contributed by atoms with E-state index in [4.69, 9.17) is 0 Å². The molecule has 0 radical (unpaired) electrons. The Balaban J connectivity index is 2.50. The smallest absolute Gasteiger partial charge is 0.138 e. The van der Waals surface area contributed by atoms with Crippen LogP contribution < -0.4 is 0 Å². The van der Waals surface area contributed by atoms with E-state index >= 15 is 0 Å². The van der Waals surface area contributed by atoms with E-state index in [9.17, 15) is 0 Å². The molecule has 1 aromatic heterocycles. The number of hydrogen-bond acceptors (Lipinski definition) is 2. The highest BCUT2D eigenvalue weighted by Gasteiger charge is 2.06. The van der Waals surface area contributed by atoms with E-state index in [1.54, 1.807) is 6.33 Å². The molecule has 1 rings (SSSR count). The summed E-state index contributed by atoms with van der Waals surface area (Å²) in [4.78, 5) is 4.25. The van der Waals surface area contributed by atoms with Gasteiger partial charge in [-0.25, -0.2) is 9.67 Å². The van der Waals surface area contributed by atoms with Crippen molar-refractivity contribution < 1.29 is 0 Å². The number of unbranched alkanes of at least 4 members (excludes halogenated alkanes) is 1. The van der Waals surface area contributed by atoms with Gasteiger partial charge in [-0.2, -0.15) is 5.10 Å². The third kappa shape index (κ3) is 3.10. The molecule has 0 N–H and O–H groups in total. The SMILES string of the molecule is CC(C)n1ncnc1CCCCBr. The highest BCUT2D eigenvalue weighted by atomic mass is 79.9. The lowest BCUT2D eigenvalue weighted by Gasteiger charge is -2.08. The van der Waals surface area contributed by atoms with Gasteiger partial charge in [0.2, 0.25) is 0 Å². The molecule has 1 heterocycles. The summed E-state index contributed by atoms with van der Waals surface area (Å²) in [6, 6.07) is 0.418. The molecule has 0 saturated carbocycles. The van der Waals surface area contributed by atoms with Crippen molar-refractivity contribution in [3.05, 3.63) is 12.2 Å². The van der Waals surface area contributed by atoms with Gasteiger partial charge in [0, 0.05) is 17.8 Å². The largest absolute Gasteiger partial charge is 0.248 e. The van der Waals surface area contributed by atoms with Crippen LogP contribution in [0.4, 0.5) is 0 Å². The van der Waals surface area contributed by atoms with Crippen molar-refractivity contribution in [3.63, 3.8) is 0 Å². The van der Waals surface area contributed by atoms with E-state index in [-0.39, 0.29) is 0 Å². The maximum absolute atomic E-state index is 4.25. The Hall–Kier alpha value is -0.380. The highest BCUT2D eigenvalue weighted by Crippen LogP contribution is 2.08. The van der Waals surface area contributed by atoms with Crippen molar-refractivity contribution in [2.24, 2.45) is 0 Å². The summed E-state index contributed by atoms with van der Waals surface area (Å²) in [7, 11) is 0. The fourth-order valence-corrected chi connectivity index (χ4v) is 1.66. The fourth-order valence-electron chi connectivity index (χ4n) is 1.26. The second-order valence-corrected chi connectivity index (χ2v) is 4.15. The topological polar surface area (TPSA) is 30.7 Å². The maximum Gasteiger partial charge on any atom is 0.138 e. The zero-order chi connectivity index (χ0) is 9.68. The van der Waals surface area contributed by atoms with Crippen molar-refractivity contribution in [1.82, 2.24) is 14.8 Å². The Morgan fingerprint density at radius 1 is 1.46 bits per heavy atom. The zero-order valence-electron chi connectivity index (χ0n) is 8.20. The monoisotopic (exact) mass is 245 g/mol. The number of alkyl halides is 1. The number of nitrogens with zero attached hydrogens (tertiary/aromatic N) is 3. The predicted octanol–water partition coefficient (Wildman–Crippen LogP) is 2.58. The molecule has 0 atom stereocenters. The number of halogens is 1. The first kappa shape index (κ1) is 10.7. The summed E-state index contributed by atoms with van der Waals surface area (Å²) in [5, 5.41) is 5.26. The molecule has 0 aliphatic carbocycles. The minimum absolute atomic E-state index is 0.418. The van der Waals surface area contributed by atoms with Gasteiger partial charge in [0.1, 0.15) is 12.2 Å². The first-order valence-electron chi connectivity index (χ1n) is 4.70. The zero-order valence-corrected chi connectivity index (χ0v) is 9.79. The first-order valence-corrected chi connectivity index (χ1v) is 5.82. The molecule has 4 heteroatoms. The second kappa shape index (κ2) is 5.37. The molecule has 1 aromatic rings. The normalized spacial score (nSPS) is 11.1. The molecule has 0 aliphatic rings. The number of aromatic nitrogens is 3. The van der Waals surface area contributed by atoms with E-state index in [0.717, 1.165) is 17.6 Å². The molecular formula is C9H16BrN3. The average molecular weight is 246 g/mol. The molecule has 0 bridgehead atoms. The van der Waals surface area contributed by atoms with Gasteiger partial charge in [-0.1, -0.05) is 15.9 Å². The van der Waals surface area contributed by atoms with Crippen molar-refractivity contribution in [2.75, 3.05) is 5.33 Å². The summed E-state index contributed by atoms with van der Waals surface area (Å²) >= 11 is 3.42. The summed E-state index contributed by atoms with van der Waals surface area (Å²) in [5.74, 6) is 1.11. The molecule has 0 aromatic carbocycles. The van der Waals surface area contributed by atoms with Gasteiger partial charge >= 0.3 is 0 Å². The third-order valence-corrected chi connectivity index (χ3v) is 2.48. The van der Waals surface area contributed by atoms with Gasteiger partial charge in [0.05, 0.1) is 0 Å². The van der Waals surface area contributed by atoms with Crippen LogP contribution in [0.5, 0.6) is 0 Å². The lowest BCUT2D eigenvalue weighted by molar-refractivity contribution is 0.500. The molecule has 13 heavy (non-hydrogen) atoms. The van der Waals surface area contributed by atoms with Gasteiger partial charge < -0.3 is 0 Å². The average Bonchev–Trinajstić information content (AvgIpc) is 2.53. The summed E-state index contributed by atoms with van der Waals surface area (Å²) in [5.41, 5.74) is 0. The lowest BCUT2D eigenvalue weighted by Crippen LogP contribution is -2.08. The molecule has 0 amide bonds. The van der Waals surface area contributed by atoms with Gasteiger partial charge in [0.25, 0.3) is 0 Å². The van der Waals surface area contributed by atoms with E-state index in [1.807, 2.05) is 4.68 Å². The lowest BCUT2D eigenvalue weighted by atomic mass is 10.2. The number of aryl methyl sites for hydroxylation is 1. The van der Waals surface area contributed by atoms with Crippen LogP contribution in [0, 0.1) is 0 Å². The minimum Gasteiger partial charge on any atom is -0.248 e. The minimum atomic E-state index is 0.418. The second-order valence-electron chi connectivity index (χ2n) is 3.36. The van der Waals surface area contributed by atoms with Crippen LogP contribution in [0.3, 0.4) is 0 Å². The predicted molar refractivity (Wildman–Crippen MR) is 57.1 cm³/mol. The van der Waals surface area contributed by atoms with Gasteiger partial charge in [0.15, 0.2) is 0 Å². The Labute approximate surface area is 87.7 Å². The van der Waals surface area contributed by atoms with Crippen molar-refractivity contribution >= 4 is 15.9 Å². The van der Waals surface area contributed by atoms with Crippen molar-refractivity contribution in [3.8, 4) is 0 Å². The number of hydrogen-bond donors (Lipinski definition) is 0. The molecule has 74 valence electrons. The van der Waals surface area contributed by atoms with Crippen LogP contribution in [0.2, 0.25) is 0 Å². The Morgan fingerprint density at radius 3 is 2.85 bits per heavy atom. The molecule has 0 aliphatic heterocycles. The standard InChI is InChI=1S/C9H16BrN3/c1-8(2)13-9(11-7-12-13)5-3-4-6-10/h7-8H,3-6H2,1-2H3. The fraction of sp³-hybridized carbons (Fsp3) is 0.778. The van der Waals surface area contributed by atoms with Crippen LogP contribution in [0.25, 0.3) is 0 Å². The summed E-state index contributed by atoms with van der Waals surface area (Å²) in [6.07, 6.45) is 5.05. The van der Waals surface area contributed by atoms with Crippen molar-refractivity contribution in [1.29, 1.82) is 0 Å². The number of rotatable bonds is 5. The van der Waals surface area contributed by atoms with Crippen molar-refractivity contribution in [2.45, 2.75) is 39.2 Å². The molecular weight excluding hydrogens is 230 g/mol. The van der Waals surface area contributed by atoms with Gasteiger partial charge in [-0.05, 0) is 26.7 Å². The van der Waals surface area contributed by atoms with E-state index < -0.39 is 0 Å². The Morgan fingerprint density at radius 2 is 2.23 bits per heavy atom. The van der Waals surface area contributed by atoms with Crippen LogP contribution in [-0.2, 0) is 6.42 Å². The van der Waals surface area contributed by atoms with E-state index in [0.29, 0.717) is 6.04 Å². The third-order valence-electron chi connectivity index (χ3n) is 1.92. The summed E-state index contributed by atoms with van der Waals surface area (Å²) < 4.78 is 1.99. The highest BCUT2D eigenvalue weighted by molar-refractivity contribution is 9.09. The Kier molecular flexibility index (Phi) is 4.42. The summed E-state index contributed by atoms with van der Waals surface area (Å²) in [6.45, 7) is 4.26. The van der Waals surface area contributed by atoms with E-state index in [2.05, 4.69) is 39.9 Å². The molecule has 0 spiro atoms. The first-order chi connectivity index (χ1) is 6.25. The van der Waals surface area contributed by atoms with E-state index in [1.165, 1.54) is 12.8 Å². The molecule has 3 nitrogen and oxygen atoms in total. The van der Waals surface area contributed by atoms with Crippen LogP contribution >= 0.6 is 15.9 Å². The van der Waals surface area contributed by atoms with Crippen LogP contribution in [-0.4, -0.2) is 20.1 Å². The quantitative estimate of drug-likeness (QED) is 0.590. The van der Waals surface area contributed by atoms with Gasteiger partial charge in [-0.3, -0.25) is 0 Å².